The van der Waals surface area contributed by atoms with Gasteiger partial charge in [-0.05, 0) is 195 Å². The number of nitrogens with two attached hydrogens (primary N) is 1. The third-order valence-corrected chi connectivity index (χ3v) is 19.4. The molecule has 0 spiro atoms. The maximum Gasteiger partial charge on any atom is 0.192 e. The number of anilines is 1. The molecule has 4 heterocycles. The van der Waals surface area contributed by atoms with Gasteiger partial charge in [0.25, 0.3) is 0 Å². The molecule has 9 atom stereocenters. The number of aryl methyl sites for hydroxylation is 2. The molecule has 0 saturated carbocycles. The number of hydrogen-bond donors (Lipinski definition) is 10. The summed E-state index contributed by atoms with van der Waals surface area (Å²) in [4.78, 5) is 18.8. The van der Waals surface area contributed by atoms with Crippen LogP contribution in [-0.2, 0) is 46.6 Å². The van der Waals surface area contributed by atoms with Gasteiger partial charge in [-0.15, -0.1) is 0 Å². The van der Waals surface area contributed by atoms with Crippen molar-refractivity contribution in [1.82, 2.24) is 16.0 Å². The molecular formula is C77H102N6O10. The Bertz CT molecular complexity index is 3530. The van der Waals surface area contributed by atoms with Gasteiger partial charge in [0.1, 0.15) is 36.1 Å². The van der Waals surface area contributed by atoms with E-state index in [1.165, 1.54) is 11.1 Å². The molecule has 16 nitrogen and oxygen atoms in total. The molecule has 0 fully saturated rings. The lowest BCUT2D eigenvalue weighted by atomic mass is 9.70. The van der Waals surface area contributed by atoms with Crippen LogP contribution < -0.4 is 36.5 Å². The molecule has 11 rings (SSSR count). The Morgan fingerprint density at radius 1 is 0.914 bits per heavy atom. The number of allylic oxidation sites excluding steroid dienone is 4. The van der Waals surface area contributed by atoms with E-state index in [-0.39, 0.29) is 72.1 Å². The van der Waals surface area contributed by atoms with Crippen LogP contribution >= 0.6 is 0 Å². The third-order valence-electron chi connectivity index (χ3n) is 19.4. The van der Waals surface area contributed by atoms with Crippen molar-refractivity contribution >= 4 is 34.3 Å². The zero-order valence-electron chi connectivity index (χ0n) is 55.9. The number of Topliss-reactive ketones (excluding diaryl/α,β-unsaturated/α-hetero) is 1. The van der Waals surface area contributed by atoms with Crippen LogP contribution in [0.2, 0.25) is 0 Å². The summed E-state index contributed by atoms with van der Waals surface area (Å²) in [5.74, 6) is 3.01. The summed E-state index contributed by atoms with van der Waals surface area (Å²) in [5, 5.41) is 75.0. The highest BCUT2D eigenvalue weighted by atomic mass is 16.5. The minimum Gasteiger partial charge on any atom is -0.508 e. The molecule has 11 N–H and O–H groups in total. The quantitative estimate of drug-likeness (QED) is 0.00773. The molecular weight excluding hydrogens is 1170 g/mol. The molecule has 500 valence electrons. The second-order valence-electron chi connectivity index (χ2n) is 26.0. The van der Waals surface area contributed by atoms with Crippen LogP contribution in [0.1, 0.15) is 184 Å². The van der Waals surface area contributed by atoms with Gasteiger partial charge in [0.05, 0.1) is 31.9 Å². The number of aromatic hydroxyl groups is 1. The predicted octanol–water partition coefficient (Wildman–Crippen LogP) is 12.4. The van der Waals surface area contributed by atoms with E-state index in [4.69, 9.17) is 24.7 Å². The van der Waals surface area contributed by atoms with Crippen LogP contribution in [0.15, 0.2) is 107 Å². The molecule has 16 heteroatoms. The number of ketones is 1. The molecule has 0 aromatic heterocycles. The maximum atomic E-state index is 14.6. The fraction of sp³-hybridized carbons (Fsp3) is 0.506. The van der Waals surface area contributed by atoms with Crippen molar-refractivity contribution in [2.45, 2.75) is 179 Å². The number of phenols is 1. The highest BCUT2D eigenvalue weighted by molar-refractivity contribution is 6.01. The van der Waals surface area contributed by atoms with E-state index in [1.54, 1.807) is 27.1 Å². The average molecular weight is 1270 g/mol. The topological polar surface area (TPSA) is 242 Å². The second-order valence-corrected chi connectivity index (χ2v) is 26.0. The van der Waals surface area contributed by atoms with E-state index in [9.17, 15) is 30.3 Å². The fourth-order valence-corrected chi connectivity index (χ4v) is 14.3. The van der Waals surface area contributed by atoms with Gasteiger partial charge in [-0.2, -0.15) is 0 Å². The molecule has 10 bridgehead atoms. The molecule has 9 unspecified atom stereocenters. The number of fused-ring (bicyclic) bond motifs is 8. The maximum absolute atomic E-state index is 14.6. The normalized spacial score (nSPS) is 21.3. The number of carbonyl (C=O) groups excluding carboxylic acids is 1. The van der Waals surface area contributed by atoms with Gasteiger partial charge < -0.3 is 66.2 Å². The first-order valence-electron chi connectivity index (χ1n) is 34.2. The van der Waals surface area contributed by atoms with Crippen LogP contribution in [-0.4, -0.2) is 110 Å². The molecule has 2 aliphatic carbocycles. The number of rotatable bonds is 27. The zero-order valence-corrected chi connectivity index (χ0v) is 55.9. The smallest absolute Gasteiger partial charge is 0.192 e. The lowest BCUT2D eigenvalue weighted by Gasteiger charge is -2.35. The lowest BCUT2D eigenvalue weighted by molar-refractivity contribution is -0.121. The van der Waals surface area contributed by atoms with Crippen molar-refractivity contribution in [3.8, 4) is 29.3 Å². The molecule has 4 aliphatic heterocycles. The van der Waals surface area contributed by atoms with Gasteiger partial charge in [-0.3, -0.25) is 15.1 Å². The molecule has 0 amide bonds. The number of guanidine groups is 1. The number of aliphatic imine (C=N–C) groups is 1. The first-order chi connectivity index (χ1) is 45.1. The number of methoxy groups -OCH3 is 1. The van der Waals surface area contributed by atoms with Crippen LogP contribution in [0.25, 0.3) is 16.8 Å². The second kappa shape index (κ2) is 34.3. The molecule has 5 aromatic rings. The zero-order chi connectivity index (χ0) is 66.0. The van der Waals surface area contributed by atoms with Crippen molar-refractivity contribution in [2.75, 3.05) is 59.4 Å². The third kappa shape index (κ3) is 18.2. The largest absolute Gasteiger partial charge is 0.508 e. The molecule has 93 heavy (non-hydrogen) atoms. The van der Waals surface area contributed by atoms with Gasteiger partial charge in [0, 0.05) is 79.7 Å². The van der Waals surface area contributed by atoms with E-state index < -0.39 is 30.3 Å². The van der Waals surface area contributed by atoms with Crippen molar-refractivity contribution in [3.05, 3.63) is 158 Å². The number of unbranched alkanes of at least 4 members (excludes halogenated alkanes) is 3. The summed E-state index contributed by atoms with van der Waals surface area (Å²) >= 11 is 0. The molecule has 6 aliphatic rings. The van der Waals surface area contributed by atoms with Gasteiger partial charge >= 0.3 is 0 Å². The number of nitrogens with zero attached hydrogens (tertiary/aromatic N) is 1. The Kier molecular flexibility index (Phi) is 25.8. The number of carbonyl (C=O) groups is 1. The number of aliphatic hydroxyl groups is 4. The number of benzene rings is 5. The summed E-state index contributed by atoms with van der Waals surface area (Å²) in [6, 6.07) is 24.2. The minimum absolute atomic E-state index is 0.00591. The summed E-state index contributed by atoms with van der Waals surface area (Å²) in [7, 11) is 5.20. The average Bonchev–Trinajstić information content (AvgIpc) is 0.833. The summed E-state index contributed by atoms with van der Waals surface area (Å²) in [5.41, 5.74) is 16.3. The Morgan fingerprint density at radius 3 is 2.52 bits per heavy atom. The lowest BCUT2D eigenvalue weighted by Crippen LogP contribution is -2.46. The van der Waals surface area contributed by atoms with E-state index in [2.05, 4.69) is 114 Å². The van der Waals surface area contributed by atoms with E-state index >= 15 is 0 Å². The highest BCUT2D eigenvalue weighted by Crippen LogP contribution is 2.51. The first kappa shape index (κ1) is 70.1. The summed E-state index contributed by atoms with van der Waals surface area (Å²) in [6.07, 6.45) is 19.7. The van der Waals surface area contributed by atoms with Crippen molar-refractivity contribution in [1.29, 1.82) is 0 Å². The van der Waals surface area contributed by atoms with Crippen molar-refractivity contribution < 1.29 is 49.3 Å². The first-order valence-corrected chi connectivity index (χ1v) is 34.2. The van der Waals surface area contributed by atoms with Crippen molar-refractivity contribution in [2.24, 2.45) is 28.5 Å². The van der Waals surface area contributed by atoms with Crippen LogP contribution in [0, 0.1) is 29.8 Å². The Hall–Kier alpha value is -7.20. The van der Waals surface area contributed by atoms with Gasteiger partial charge in [-0.1, -0.05) is 107 Å². The van der Waals surface area contributed by atoms with Crippen molar-refractivity contribution in [3.63, 3.8) is 0 Å². The Balaban J connectivity index is 1.23. The number of phenolic OH excluding ortho intramolecular Hbond substituents is 1. The minimum atomic E-state index is -1.94. The standard InChI is InChI=1S/C77H102N6O10/c1-8-10-11-22-59-52(20-15-23-68(59)83-77(78)80-6)18-12-13-19-53-39-64-56(46-82-73(9-2)81-45-49(4)84)40-63(54-21-14-17-50(36-54)30-34-91-33-16-32-79-5)61-31-35-92-58(38-55(53)41-69(64)86)42-57(85)27-25-51-26-29-71(90-7)72(37-51)93-47-67-60-28-24-48(3)62-44-70(87)75(61)66(74(60)62)43-65(67)76(88)89/h14-15,17,20-21,23-24,26,28-29,36-37,39,41,43-44,48-49,53,55-56,58,61,63,73,76,79,81-82,84,86-89H,8-13,16,18-19,22,25,27,30,32-34,38,40,42,45-47H2,1-7H3,(H3,78,80,83). The fourth-order valence-electron chi connectivity index (χ4n) is 14.3. The number of hydrogen-bond acceptors (Lipinski definition) is 14. The summed E-state index contributed by atoms with van der Waals surface area (Å²) < 4.78 is 25.6. The molecule has 5 aromatic carbocycles. The number of ether oxygens (including phenoxy) is 4. The Morgan fingerprint density at radius 2 is 1.74 bits per heavy atom. The number of nitrogens with one attached hydrogen (secondary N) is 4. The SMILES string of the molecule is CCCCCc1c(CCCCC2C=C3C(O)=CC2CC2CC(=O)CCc4ccc(OC)c(c4)OCc4c(C(O)O)cc5c(c(O)cc6c5c4C=CC6C)C(C#CO2)C(c2cccc(CCOCCCNC)c2)CC3CNC(CC)NCC(C)O)cccc1NC(N)=NC. The Labute approximate surface area is 551 Å². The van der Waals surface area contributed by atoms with Crippen LogP contribution in [0.4, 0.5) is 5.69 Å². The number of aliphatic hydroxyl groups excluding tert-OH is 3. The molecule has 0 radical (unpaired) electrons. The molecule has 0 saturated heterocycles. The van der Waals surface area contributed by atoms with E-state index in [1.807, 2.05) is 43.5 Å². The highest BCUT2D eigenvalue weighted by Gasteiger charge is 2.38. The van der Waals surface area contributed by atoms with E-state index in [0.717, 1.165) is 109 Å². The predicted molar refractivity (Wildman–Crippen MR) is 372 cm³/mol. The van der Waals surface area contributed by atoms with Crippen LogP contribution in [0.3, 0.4) is 0 Å². The monoisotopic (exact) mass is 1270 g/mol. The van der Waals surface area contributed by atoms with Gasteiger partial charge in [0.15, 0.2) is 23.7 Å². The van der Waals surface area contributed by atoms with Gasteiger partial charge in [-0.25, -0.2) is 0 Å². The van der Waals surface area contributed by atoms with Crippen LogP contribution in [0.5, 0.6) is 17.2 Å². The summed E-state index contributed by atoms with van der Waals surface area (Å²) in [6.45, 7) is 10.9. The van der Waals surface area contributed by atoms with Gasteiger partial charge in [0.2, 0.25) is 0 Å². The van der Waals surface area contributed by atoms with E-state index in [0.29, 0.717) is 92.4 Å².